The van der Waals surface area contributed by atoms with Gasteiger partial charge in [-0.25, -0.2) is 0 Å². The Labute approximate surface area is 127 Å². The van der Waals surface area contributed by atoms with Crippen molar-refractivity contribution in [3.63, 3.8) is 0 Å². The Balaban J connectivity index is 1.82. The van der Waals surface area contributed by atoms with Gasteiger partial charge in [-0.2, -0.15) is 0 Å². The smallest absolute Gasteiger partial charge is 0.266 e. The molecule has 7 nitrogen and oxygen atoms in total. The largest absolute Gasteiger partial charge is 0.394 e. The van der Waals surface area contributed by atoms with E-state index in [4.69, 9.17) is 9.57 Å². The van der Waals surface area contributed by atoms with E-state index in [1.54, 1.807) is 0 Å². The molecule has 0 saturated carbocycles. The molecule has 1 aromatic carbocycles. The number of oxime groups is 1. The molecule has 2 aliphatic rings. The van der Waals surface area contributed by atoms with Crippen LogP contribution < -0.4 is 0 Å². The second-order valence-electron chi connectivity index (χ2n) is 5.57. The van der Waals surface area contributed by atoms with E-state index in [-0.39, 0.29) is 6.42 Å². The molecule has 1 aromatic rings. The van der Waals surface area contributed by atoms with Gasteiger partial charge in [-0.15, -0.1) is 0 Å². The van der Waals surface area contributed by atoms with Gasteiger partial charge in [-0.1, -0.05) is 35.5 Å². The van der Waals surface area contributed by atoms with E-state index < -0.39 is 36.8 Å². The maximum atomic E-state index is 10.2. The summed E-state index contributed by atoms with van der Waals surface area (Å²) in [6, 6.07) is 9.46. The van der Waals surface area contributed by atoms with Crippen LogP contribution in [-0.2, 0) is 9.57 Å². The molecule has 4 N–H and O–H groups in total. The zero-order valence-electron chi connectivity index (χ0n) is 11.9. The number of nitrogens with zero attached hydrogens (tertiary/aromatic N) is 1. The van der Waals surface area contributed by atoms with Crippen LogP contribution >= 0.6 is 0 Å². The molecule has 0 aromatic heterocycles. The van der Waals surface area contributed by atoms with Crippen molar-refractivity contribution in [2.75, 3.05) is 6.61 Å². The number of rotatable bonds is 2. The minimum absolute atomic E-state index is 0.252. The summed E-state index contributed by atoms with van der Waals surface area (Å²) in [5, 5.41) is 43.1. The first-order valence-corrected chi connectivity index (χ1v) is 7.21. The van der Waals surface area contributed by atoms with Gasteiger partial charge in [0.15, 0.2) is 0 Å². The third-order valence-corrected chi connectivity index (χ3v) is 4.16. The molecule has 1 spiro atoms. The standard InChI is InChI=1S/C15H19NO6/c17-8-11-12(18)13(19)14(20)15(21-11)7-6-10(16-22-15)9-4-2-1-3-5-9/h1-5,11-14,17-20H,6-8H2/t11-,12-,13+,14-,15-/m1/s1. The summed E-state index contributed by atoms with van der Waals surface area (Å²) in [4.78, 5) is 5.37. The first-order valence-electron chi connectivity index (χ1n) is 7.21. The van der Waals surface area contributed by atoms with Crippen molar-refractivity contribution in [1.82, 2.24) is 0 Å². The molecular weight excluding hydrogens is 290 g/mol. The van der Waals surface area contributed by atoms with E-state index in [9.17, 15) is 20.4 Å². The Morgan fingerprint density at radius 2 is 1.86 bits per heavy atom. The van der Waals surface area contributed by atoms with Gasteiger partial charge in [-0.3, -0.25) is 0 Å². The van der Waals surface area contributed by atoms with Crippen LogP contribution in [0.1, 0.15) is 18.4 Å². The zero-order valence-corrected chi connectivity index (χ0v) is 11.9. The predicted octanol–water partition coefficient (Wildman–Crippen LogP) is -0.629. The second kappa shape index (κ2) is 5.94. The summed E-state index contributed by atoms with van der Waals surface area (Å²) in [5.74, 6) is -1.55. The van der Waals surface area contributed by atoms with Crippen molar-refractivity contribution >= 4 is 5.71 Å². The van der Waals surface area contributed by atoms with Crippen molar-refractivity contribution in [2.24, 2.45) is 5.16 Å². The lowest BCUT2D eigenvalue weighted by atomic mass is 9.88. The average molecular weight is 309 g/mol. The highest BCUT2D eigenvalue weighted by molar-refractivity contribution is 6.00. The molecule has 2 heterocycles. The fourth-order valence-electron chi connectivity index (χ4n) is 2.83. The molecule has 0 aliphatic carbocycles. The highest BCUT2D eigenvalue weighted by Crippen LogP contribution is 2.37. The molecule has 2 aliphatic heterocycles. The van der Waals surface area contributed by atoms with Gasteiger partial charge in [0.05, 0.1) is 12.3 Å². The fraction of sp³-hybridized carbons (Fsp3) is 0.533. The Bertz CT molecular complexity index is 548. The molecule has 0 radical (unpaired) electrons. The number of hydrogen-bond donors (Lipinski definition) is 4. The summed E-state index contributed by atoms with van der Waals surface area (Å²) in [6.45, 7) is -0.495. The summed E-state index contributed by atoms with van der Waals surface area (Å²) in [7, 11) is 0. The third kappa shape index (κ3) is 2.51. The summed E-state index contributed by atoms with van der Waals surface area (Å²) < 4.78 is 5.50. The Morgan fingerprint density at radius 3 is 2.45 bits per heavy atom. The lowest BCUT2D eigenvalue weighted by molar-refractivity contribution is -0.369. The maximum Gasteiger partial charge on any atom is 0.266 e. The number of aliphatic hydroxyl groups is 4. The molecule has 22 heavy (non-hydrogen) atoms. The number of aliphatic hydroxyl groups excluding tert-OH is 4. The highest BCUT2D eigenvalue weighted by Gasteiger charge is 2.56. The van der Waals surface area contributed by atoms with Crippen LogP contribution in [0.5, 0.6) is 0 Å². The normalized spacial score (nSPS) is 38.5. The molecule has 1 saturated heterocycles. The molecule has 120 valence electrons. The van der Waals surface area contributed by atoms with Crippen LogP contribution in [0.2, 0.25) is 0 Å². The summed E-state index contributed by atoms with van der Waals surface area (Å²) >= 11 is 0. The monoisotopic (exact) mass is 309 g/mol. The molecule has 0 unspecified atom stereocenters. The number of ether oxygens (including phenoxy) is 1. The van der Waals surface area contributed by atoms with Gasteiger partial charge in [0.2, 0.25) is 0 Å². The van der Waals surface area contributed by atoms with Crippen LogP contribution in [0.4, 0.5) is 0 Å². The highest BCUT2D eigenvalue weighted by atomic mass is 16.8. The Morgan fingerprint density at radius 1 is 1.14 bits per heavy atom. The molecule has 5 atom stereocenters. The Kier molecular flexibility index (Phi) is 4.16. The summed E-state index contributed by atoms with van der Waals surface area (Å²) in [5.41, 5.74) is 1.62. The van der Waals surface area contributed by atoms with Crippen LogP contribution in [0.15, 0.2) is 35.5 Å². The zero-order chi connectivity index (χ0) is 15.7. The van der Waals surface area contributed by atoms with Crippen LogP contribution in [-0.4, -0.2) is 62.9 Å². The van der Waals surface area contributed by atoms with Crippen molar-refractivity contribution in [1.29, 1.82) is 0 Å². The van der Waals surface area contributed by atoms with Crippen molar-refractivity contribution in [3.8, 4) is 0 Å². The summed E-state index contributed by atoms with van der Waals surface area (Å²) in [6.07, 6.45) is -4.61. The van der Waals surface area contributed by atoms with Gasteiger partial charge in [0.1, 0.15) is 24.4 Å². The fourth-order valence-corrected chi connectivity index (χ4v) is 2.83. The number of hydrogen-bond acceptors (Lipinski definition) is 7. The van der Waals surface area contributed by atoms with Gasteiger partial charge in [0.25, 0.3) is 5.79 Å². The topological polar surface area (TPSA) is 112 Å². The second-order valence-corrected chi connectivity index (χ2v) is 5.57. The van der Waals surface area contributed by atoms with Gasteiger partial charge in [0, 0.05) is 12.8 Å². The van der Waals surface area contributed by atoms with Crippen LogP contribution in [0, 0.1) is 0 Å². The van der Waals surface area contributed by atoms with Gasteiger partial charge >= 0.3 is 0 Å². The van der Waals surface area contributed by atoms with E-state index in [1.807, 2.05) is 30.3 Å². The lowest BCUT2D eigenvalue weighted by Gasteiger charge is -2.47. The third-order valence-electron chi connectivity index (χ3n) is 4.16. The van der Waals surface area contributed by atoms with Crippen molar-refractivity contribution < 1.29 is 30.0 Å². The SMILES string of the molecule is OC[C@H]1O[C@@]2(CCC(c3ccccc3)=NO2)[C@H](O)[C@@H](O)[C@@H]1O. The van der Waals surface area contributed by atoms with Crippen LogP contribution in [0.3, 0.4) is 0 Å². The van der Waals surface area contributed by atoms with Crippen LogP contribution in [0.25, 0.3) is 0 Å². The molecule has 3 rings (SSSR count). The van der Waals surface area contributed by atoms with E-state index >= 15 is 0 Å². The van der Waals surface area contributed by atoms with E-state index in [0.717, 1.165) is 5.56 Å². The quantitative estimate of drug-likeness (QED) is 0.579. The molecule has 0 bridgehead atoms. The Hall–Kier alpha value is -1.51. The first-order chi connectivity index (χ1) is 10.6. The van der Waals surface area contributed by atoms with E-state index in [2.05, 4.69) is 5.16 Å². The van der Waals surface area contributed by atoms with Crippen molar-refractivity contribution in [3.05, 3.63) is 35.9 Å². The van der Waals surface area contributed by atoms with Crippen molar-refractivity contribution in [2.45, 2.75) is 43.0 Å². The predicted molar refractivity (Wildman–Crippen MR) is 76.0 cm³/mol. The van der Waals surface area contributed by atoms with Gasteiger partial charge < -0.3 is 30.0 Å². The van der Waals surface area contributed by atoms with E-state index in [0.29, 0.717) is 12.1 Å². The molecule has 0 amide bonds. The first kappa shape index (κ1) is 15.4. The minimum Gasteiger partial charge on any atom is -0.394 e. The number of benzene rings is 1. The maximum absolute atomic E-state index is 10.2. The van der Waals surface area contributed by atoms with Gasteiger partial charge in [-0.05, 0) is 5.56 Å². The molecular formula is C15H19NO6. The minimum atomic E-state index is -1.55. The molecule has 1 fully saturated rings. The lowest BCUT2D eigenvalue weighted by Crippen LogP contribution is -2.66. The van der Waals surface area contributed by atoms with E-state index in [1.165, 1.54) is 0 Å². The molecule has 7 heteroatoms. The average Bonchev–Trinajstić information content (AvgIpc) is 2.58.